The molecule has 0 heterocycles. The van der Waals surface area contributed by atoms with Crippen LogP contribution in [0, 0.1) is 0 Å². The average Bonchev–Trinajstić information content (AvgIpc) is 3.17. The van der Waals surface area contributed by atoms with Crippen molar-refractivity contribution in [2.75, 3.05) is 47.5 Å². The quantitative estimate of drug-likeness (QED) is 0.0258. The lowest BCUT2D eigenvalue weighted by Gasteiger charge is -2.28. The number of hydrogen-bond donors (Lipinski definition) is 0. The van der Waals surface area contributed by atoms with Gasteiger partial charge in [0, 0.05) is 12.8 Å². The van der Waals surface area contributed by atoms with Crippen molar-refractivity contribution in [3.63, 3.8) is 0 Å². The smallest absolute Gasteiger partial charge is 0.306 e. The Morgan fingerprint density at radius 2 is 0.776 bits per heavy atom. The molecular formula is C48H96NO8P. The predicted octanol–water partition coefficient (Wildman–Crippen LogP) is 13.7. The molecule has 58 heavy (non-hydrogen) atoms. The zero-order valence-corrected chi connectivity index (χ0v) is 39.9. The monoisotopic (exact) mass is 846 g/mol. The van der Waals surface area contributed by atoms with Crippen LogP contribution >= 0.6 is 7.82 Å². The Morgan fingerprint density at radius 3 is 1.10 bits per heavy atom. The summed E-state index contributed by atoms with van der Waals surface area (Å²) < 4.78 is 34.0. The van der Waals surface area contributed by atoms with Crippen molar-refractivity contribution in [1.29, 1.82) is 0 Å². The highest BCUT2D eigenvalue weighted by atomic mass is 31.2. The SMILES string of the molecule is CCCCCCCCCCCCCCCCCCCCCCCCC(=O)OC(COC(=O)CCCCCCCCCCCCCC)COP(=O)([O-])OCC[N+](C)(C)C. The van der Waals surface area contributed by atoms with Crippen LogP contribution in [0.1, 0.15) is 245 Å². The minimum absolute atomic E-state index is 0.0255. The topological polar surface area (TPSA) is 111 Å². The largest absolute Gasteiger partial charge is 0.756 e. The lowest BCUT2D eigenvalue weighted by Crippen LogP contribution is -2.37. The molecule has 10 heteroatoms. The zero-order chi connectivity index (χ0) is 42.8. The van der Waals surface area contributed by atoms with Gasteiger partial charge in [-0.15, -0.1) is 0 Å². The molecule has 0 N–H and O–H groups in total. The third-order valence-corrected chi connectivity index (χ3v) is 12.1. The van der Waals surface area contributed by atoms with Gasteiger partial charge in [-0.05, 0) is 12.8 Å². The van der Waals surface area contributed by atoms with Crippen molar-refractivity contribution in [2.45, 2.75) is 251 Å². The molecule has 0 saturated carbocycles. The molecule has 0 aliphatic rings. The minimum atomic E-state index is -4.62. The maximum absolute atomic E-state index is 12.7. The fraction of sp³-hybridized carbons (Fsp3) is 0.958. The van der Waals surface area contributed by atoms with Gasteiger partial charge in [-0.2, -0.15) is 0 Å². The summed E-state index contributed by atoms with van der Waals surface area (Å²) in [7, 11) is 1.18. The summed E-state index contributed by atoms with van der Waals surface area (Å²) in [4.78, 5) is 37.6. The number of nitrogens with zero attached hydrogens (tertiary/aromatic N) is 1. The zero-order valence-electron chi connectivity index (χ0n) is 39.0. The van der Waals surface area contributed by atoms with E-state index in [0.29, 0.717) is 17.4 Å². The van der Waals surface area contributed by atoms with Gasteiger partial charge in [0.05, 0.1) is 27.7 Å². The second-order valence-corrected chi connectivity index (χ2v) is 19.6. The van der Waals surface area contributed by atoms with Crippen LogP contribution in [0.25, 0.3) is 0 Å². The van der Waals surface area contributed by atoms with Crippen LogP contribution in [-0.4, -0.2) is 70.0 Å². The van der Waals surface area contributed by atoms with E-state index in [1.807, 2.05) is 21.1 Å². The molecule has 0 radical (unpaired) electrons. The Bertz CT molecular complexity index is 958. The molecule has 0 aliphatic carbocycles. The van der Waals surface area contributed by atoms with Crippen LogP contribution < -0.4 is 4.89 Å². The van der Waals surface area contributed by atoms with Crippen LogP contribution in [0.15, 0.2) is 0 Å². The van der Waals surface area contributed by atoms with Gasteiger partial charge >= 0.3 is 11.9 Å². The maximum atomic E-state index is 12.7. The number of carbonyl (C=O) groups is 2. The highest BCUT2D eigenvalue weighted by Gasteiger charge is 2.21. The minimum Gasteiger partial charge on any atom is -0.756 e. The number of carbonyl (C=O) groups excluding carboxylic acids is 2. The van der Waals surface area contributed by atoms with Crippen LogP contribution in [0.3, 0.4) is 0 Å². The maximum Gasteiger partial charge on any atom is 0.306 e. The van der Waals surface area contributed by atoms with Gasteiger partial charge < -0.3 is 27.9 Å². The summed E-state index contributed by atoms with van der Waals surface area (Å²) in [6.45, 7) is 4.27. The van der Waals surface area contributed by atoms with Gasteiger partial charge in [0.2, 0.25) is 0 Å². The van der Waals surface area contributed by atoms with Gasteiger partial charge in [0.1, 0.15) is 19.8 Å². The number of unbranched alkanes of at least 4 members (excludes halogenated alkanes) is 32. The molecule has 9 nitrogen and oxygen atoms in total. The molecular weight excluding hydrogens is 750 g/mol. The molecule has 0 rings (SSSR count). The summed E-state index contributed by atoms with van der Waals surface area (Å²) in [6.07, 6.45) is 42.8. The van der Waals surface area contributed by atoms with E-state index in [1.165, 1.54) is 180 Å². The molecule has 0 aliphatic heterocycles. The molecule has 346 valence electrons. The van der Waals surface area contributed by atoms with Crippen molar-refractivity contribution >= 4 is 19.8 Å². The first-order valence-electron chi connectivity index (χ1n) is 24.7. The molecule has 0 saturated heterocycles. The van der Waals surface area contributed by atoms with E-state index >= 15 is 0 Å². The highest BCUT2D eigenvalue weighted by Crippen LogP contribution is 2.38. The average molecular weight is 846 g/mol. The Hall–Kier alpha value is -0.990. The summed E-state index contributed by atoms with van der Waals surface area (Å²) >= 11 is 0. The second-order valence-electron chi connectivity index (χ2n) is 18.2. The number of hydrogen-bond acceptors (Lipinski definition) is 8. The van der Waals surface area contributed by atoms with E-state index < -0.39 is 26.5 Å². The van der Waals surface area contributed by atoms with Crippen LogP contribution in [0.2, 0.25) is 0 Å². The first-order valence-corrected chi connectivity index (χ1v) is 26.2. The Kier molecular flexibility index (Phi) is 40.7. The molecule has 2 atom stereocenters. The van der Waals surface area contributed by atoms with E-state index in [4.69, 9.17) is 18.5 Å². The lowest BCUT2D eigenvalue weighted by molar-refractivity contribution is -0.870. The third-order valence-electron chi connectivity index (χ3n) is 11.1. The van der Waals surface area contributed by atoms with Crippen molar-refractivity contribution < 1.29 is 42.1 Å². The molecule has 0 amide bonds. The van der Waals surface area contributed by atoms with Crippen molar-refractivity contribution in [2.24, 2.45) is 0 Å². The highest BCUT2D eigenvalue weighted by molar-refractivity contribution is 7.45. The fourth-order valence-corrected chi connectivity index (χ4v) is 7.97. The van der Waals surface area contributed by atoms with Crippen LogP contribution in [0.5, 0.6) is 0 Å². The van der Waals surface area contributed by atoms with Crippen molar-refractivity contribution in [3.8, 4) is 0 Å². The number of phosphoric acid groups is 1. The van der Waals surface area contributed by atoms with Crippen molar-refractivity contribution in [1.82, 2.24) is 0 Å². The summed E-state index contributed by atoms with van der Waals surface area (Å²) in [5, 5.41) is 0. The molecule has 0 fully saturated rings. The number of esters is 2. The molecule has 2 unspecified atom stereocenters. The van der Waals surface area contributed by atoms with Gasteiger partial charge in [-0.25, -0.2) is 0 Å². The normalized spacial score (nSPS) is 13.4. The van der Waals surface area contributed by atoms with Gasteiger partial charge in [0.25, 0.3) is 7.82 Å². The molecule has 0 aromatic rings. The van der Waals surface area contributed by atoms with Crippen molar-refractivity contribution in [3.05, 3.63) is 0 Å². The number of ether oxygens (including phenoxy) is 2. The van der Waals surface area contributed by atoms with Crippen LogP contribution in [-0.2, 0) is 32.7 Å². The van der Waals surface area contributed by atoms with E-state index in [0.717, 1.165) is 32.1 Å². The van der Waals surface area contributed by atoms with E-state index in [1.54, 1.807) is 0 Å². The first kappa shape index (κ1) is 57.0. The third kappa shape index (κ3) is 44.6. The van der Waals surface area contributed by atoms with E-state index in [-0.39, 0.29) is 32.0 Å². The standard InChI is InChI=1S/C48H96NO8P/c1-6-8-10-12-14-16-18-20-21-22-23-24-25-26-27-28-29-31-33-35-37-39-41-48(51)57-46(45-56-58(52,53)55-43-42-49(3,4)5)44-54-47(50)40-38-36-34-32-30-19-17-15-13-11-9-7-2/h46H,6-45H2,1-5H3. The van der Waals surface area contributed by atoms with Crippen LogP contribution in [0.4, 0.5) is 0 Å². The molecule has 0 aromatic heterocycles. The Labute approximate surface area is 359 Å². The first-order chi connectivity index (χ1) is 28.0. The van der Waals surface area contributed by atoms with E-state index in [2.05, 4.69) is 13.8 Å². The predicted molar refractivity (Wildman–Crippen MR) is 241 cm³/mol. The summed E-state index contributed by atoms with van der Waals surface area (Å²) in [5.41, 5.74) is 0. The second kappa shape index (κ2) is 41.4. The molecule has 0 bridgehead atoms. The number of quaternary nitrogens is 1. The Balaban J connectivity index is 4.17. The fourth-order valence-electron chi connectivity index (χ4n) is 7.25. The summed E-state index contributed by atoms with van der Waals surface area (Å²) in [6, 6.07) is 0. The molecule has 0 spiro atoms. The van der Waals surface area contributed by atoms with Gasteiger partial charge in [-0.3, -0.25) is 14.2 Å². The lowest BCUT2D eigenvalue weighted by atomic mass is 10.0. The molecule has 0 aromatic carbocycles. The summed E-state index contributed by atoms with van der Waals surface area (Å²) in [5.74, 6) is -0.817. The number of rotatable bonds is 46. The van der Waals surface area contributed by atoms with E-state index in [9.17, 15) is 19.0 Å². The van der Waals surface area contributed by atoms with Gasteiger partial charge in [-0.1, -0.05) is 219 Å². The number of phosphoric ester groups is 1. The van der Waals surface area contributed by atoms with Gasteiger partial charge in [0.15, 0.2) is 6.10 Å². The Morgan fingerprint density at radius 1 is 0.466 bits per heavy atom. The number of likely N-dealkylation sites (N-methyl/N-ethyl adjacent to an activating group) is 1.